The molecule has 120 valence electrons. The summed E-state index contributed by atoms with van der Waals surface area (Å²) in [5.41, 5.74) is -1.77. The molecule has 0 radical (unpaired) electrons. The zero-order valence-electron chi connectivity index (χ0n) is 13.6. The van der Waals surface area contributed by atoms with E-state index < -0.39 is 16.9 Å². The van der Waals surface area contributed by atoms with Crippen LogP contribution in [0.3, 0.4) is 0 Å². The minimum atomic E-state index is -1.07. The Hall–Kier alpha value is -1.43. The number of rotatable bonds is 7. The van der Waals surface area contributed by atoms with Gasteiger partial charge in [0.25, 0.3) is 0 Å². The van der Waals surface area contributed by atoms with Crippen LogP contribution >= 0.6 is 0 Å². The summed E-state index contributed by atoms with van der Waals surface area (Å²) in [5.74, 6) is -0.913. The molecule has 2 amide bonds. The van der Waals surface area contributed by atoms with Crippen molar-refractivity contribution in [3.63, 3.8) is 0 Å². The SMILES string of the molecule is CCCNC(C)(CN1C(=O)CC(C)(C)C1=O)C(=O)OCC. The Morgan fingerprint density at radius 1 is 1.38 bits per heavy atom. The molecule has 1 unspecified atom stereocenters. The summed E-state index contributed by atoms with van der Waals surface area (Å²) >= 11 is 0. The first-order valence-corrected chi connectivity index (χ1v) is 7.45. The van der Waals surface area contributed by atoms with Crippen LogP contribution in [-0.4, -0.2) is 47.9 Å². The Bertz CT molecular complexity index is 433. The van der Waals surface area contributed by atoms with Crippen molar-refractivity contribution in [2.24, 2.45) is 5.41 Å². The number of hydrogen-bond acceptors (Lipinski definition) is 5. The molecule has 0 aromatic carbocycles. The largest absolute Gasteiger partial charge is 0.465 e. The van der Waals surface area contributed by atoms with Crippen molar-refractivity contribution in [1.82, 2.24) is 10.2 Å². The molecule has 0 aromatic rings. The second-order valence-electron chi connectivity index (χ2n) is 6.33. The Kier molecular flexibility index (Phi) is 5.50. The summed E-state index contributed by atoms with van der Waals surface area (Å²) in [5, 5.41) is 3.11. The summed E-state index contributed by atoms with van der Waals surface area (Å²) in [7, 11) is 0. The van der Waals surface area contributed by atoms with E-state index in [2.05, 4.69) is 5.32 Å². The van der Waals surface area contributed by atoms with Crippen LogP contribution in [-0.2, 0) is 19.1 Å². The van der Waals surface area contributed by atoms with Gasteiger partial charge in [0, 0.05) is 6.42 Å². The third-order valence-corrected chi connectivity index (χ3v) is 3.68. The predicted molar refractivity (Wildman–Crippen MR) is 78.4 cm³/mol. The van der Waals surface area contributed by atoms with E-state index in [1.165, 1.54) is 4.90 Å². The van der Waals surface area contributed by atoms with E-state index in [1.54, 1.807) is 27.7 Å². The zero-order chi connectivity index (χ0) is 16.3. The minimum Gasteiger partial charge on any atom is -0.465 e. The maximum absolute atomic E-state index is 12.3. The fourth-order valence-corrected chi connectivity index (χ4v) is 2.39. The highest BCUT2D eigenvalue weighted by Gasteiger charge is 2.48. The van der Waals surface area contributed by atoms with E-state index in [0.717, 1.165) is 6.42 Å². The number of hydrogen-bond donors (Lipinski definition) is 1. The van der Waals surface area contributed by atoms with Crippen molar-refractivity contribution < 1.29 is 19.1 Å². The number of carbonyl (C=O) groups is 3. The molecule has 21 heavy (non-hydrogen) atoms. The number of likely N-dealkylation sites (tertiary alicyclic amines) is 1. The standard InChI is InChI=1S/C15H26N2O4/c1-6-8-16-15(5,13(20)21-7-2)10-17-11(18)9-14(3,4)12(17)19/h16H,6-10H2,1-5H3. The molecule has 1 rings (SSSR count). The Labute approximate surface area is 126 Å². The summed E-state index contributed by atoms with van der Waals surface area (Å²) in [6.07, 6.45) is 1.01. The molecule has 0 saturated carbocycles. The van der Waals surface area contributed by atoms with Crippen LogP contribution in [0.5, 0.6) is 0 Å². The van der Waals surface area contributed by atoms with Gasteiger partial charge in [0.15, 0.2) is 0 Å². The summed E-state index contributed by atoms with van der Waals surface area (Å²) in [6, 6.07) is 0. The molecule has 1 fully saturated rings. The van der Waals surface area contributed by atoms with E-state index in [9.17, 15) is 14.4 Å². The van der Waals surface area contributed by atoms with Gasteiger partial charge >= 0.3 is 5.97 Å². The second kappa shape index (κ2) is 6.56. The van der Waals surface area contributed by atoms with Gasteiger partial charge in [-0.05, 0) is 26.8 Å². The fourth-order valence-electron chi connectivity index (χ4n) is 2.39. The van der Waals surface area contributed by atoms with Crippen molar-refractivity contribution in [3.05, 3.63) is 0 Å². The predicted octanol–water partition coefficient (Wildman–Crippen LogP) is 1.09. The maximum Gasteiger partial charge on any atom is 0.327 e. The van der Waals surface area contributed by atoms with Crippen LogP contribution in [0, 0.1) is 5.41 Å². The lowest BCUT2D eigenvalue weighted by atomic mass is 9.92. The second-order valence-corrected chi connectivity index (χ2v) is 6.33. The maximum atomic E-state index is 12.3. The summed E-state index contributed by atoms with van der Waals surface area (Å²) in [4.78, 5) is 37.7. The third-order valence-electron chi connectivity index (χ3n) is 3.68. The van der Waals surface area contributed by atoms with Gasteiger partial charge in [-0.2, -0.15) is 0 Å². The van der Waals surface area contributed by atoms with Crippen LogP contribution in [0.4, 0.5) is 0 Å². The van der Waals surface area contributed by atoms with Crippen LogP contribution in [0.25, 0.3) is 0 Å². The summed E-state index contributed by atoms with van der Waals surface area (Å²) < 4.78 is 5.09. The van der Waals surface area contributed by atoms with Crippen molar-refractivity contribution in [3.8, 4) is 0 Å². The van der Waals surface area contributed by atoms with Crippen LogP contribution in [0.2, 0.25) is 0 Å². The lowest BCUT2D eigenvalue weighted by Gasteiger charge is -2.32. The van der Waals surface area contributed by atoms with Crippen LogP contribution < -0.4 is 5.32 Å². The number of amides is 2. The Morgan fingerprint density at radius 2 is 2.00 bits per heavy atom. The molecular formula is C15H26N2O4. The smallest absolute Gasteiger partial charge is 0.327 e. The van der Waals surface area contributed by atoms with Gasteiger partial charge in [0.1, 0.15) is 5.54 Å². The molecule has 1 atom stereocenters. The fraction of sp³-hybridized carbons (Fsp3) is 0.800. The first-order valence-electron chi connectivity index (χ1n) is 7.45. The number of carbonyl (C=O) groups excluding carboxylic acids is 3. The van der Waals surface area contributed by atoms with Gasteiger partial charge in [-0.15, -0.1) is 0 Å². The molecule has 0 aromatic heterocycles. The van der Waals surface area contributed by atoms with Gasteiger partial charge < -0.3 is 10.1 Å². The molecule has 1 aliphatic heterocycles. The number of nitrogens with one attached hydrogen (secondary N) is 1. The first kappa shape index (κ1) is 17.6. The topological polar surface area (TPSA) is 75.7 Å². The zero-order valence-corrected chi connectivity index (χ0v) is 13.6. The Morgan fingerprint density at radius 3 is 2.43 bits per heavy atom. The van der Waals surface area contributed by atoms with Gasteiger partial charge in [0.05, 0.1) is 18.6 Å². The van der Waals surface area contributed by atoms with Crippen LogP contribution in [0.1, 0.15) is 47.5 Å². The molecule has 1 N–H and O–H groups in total. The Balaban J connectivity index is 2.93. The highest BCUT2D eigenvalue weighted by atomic mass is 16.5. The van der Waals surface area contributed by atoms with Crippen molar-refractivity contribution in [2.45, 2.75) is 53.0 Å². The van der Waals surface area contributed by atoms with E-state index in [1.807, 2.05) is 6.92 Å². The molecular weight excluding hydrogens is 272 g/mol. The van der Waals surface area contributed by atoms with Crippen molar-refractivity contribution in [1.29, 1.82) is 0 Å². The minimum absolute atomic E-state index is 0.00687. The van der Waals surface area contributed by atoms with Crippen LogP contribution in [0.15, 0.2) is 0 Å². The molecule has 1 aliphatic rings. The van der Waals surface area contributed by atoms with E-state index in [0.29, 0.717) is 6.54 Å². The van der Waals surface area contributed by atoms with Crippen molar-refractivity contribution >= 4 is 17.8 Å². The molecule has 1 heterocycles. The monoisotopic (exact) mass is 298 g/mol. The molecule has 0 bridgehead atoms. The number of ether oxygens (including phenoxy) is 1. The van der Waals surface area contributed by atoms with E-state index in [-0.39, 0.29) is 31.4 Å². The van der Waals surface area contributed by atoms with Gasteiger partial charge in [0.2, 0.25) is 11.8 Å². The molecule has 0 aliphatic carbocycles. The average molecular weight is 298 g/mol. The third kappa shape index (κ3) is 3.81. The molecule has 6 nitrogen and oxygen atoms in total. The number of imide groups is 1. The van der Waals surface area contributed by atoms with Gasteiger partial charge in [-0.25, -0.2) is 4.79 Å². The van der Waals surface area contributed by atoms with E-state index in [4.69, 9.17) is 4.74 Å². The van der Waals surface area contributed by atoms with Gasteiger partial charge in [-0.1, -0.05) is 20.8 Å². The summed E-state index contributed by atoms with van der Waals surface area (Å²) in [6.45, 7) is 9.74. The lowest BCUT2D eigenvalue weighted by molar-refractivity contribution is -0.153. The first-order chi connectivity index (χ1) is 9.68. The highest BCUT2D eigenvalue weighted by molar-refractivity contribution is 6.06. The molecule has 0 spiro atoms. The quantitative estimate of drug-likeness (QED) is 0.562. The normalized spacial score (nSPS) is 20.5. The van der Waals surface area contributed by atoms with E-state index >= 15 is 0 Å². The van der Waals surface area contributed by atoms with Gasteiger partial charge in [-0.3, -0.25) is 14.5 Å². The van der Waals surface area contributed by atoms with Crippen molar-refractivity contribution in [2.75, 3.05) is 19.7 Å². The lowest BCUT2D eigenvalue weighted by Crippen LogP contribution is -2.59. The number of esters is 1. The average Bonchev–Trinajstić information content (AvgIpc) is 2.59. The number of nitrogens with zero attached hydrogens (tertiary/aromatic N) is 1. The molecule has 6 heteroatoms. The highest BCUT2D eigenvalue weighted by Crippen LogP contribution is 2.32. The molecule has 1 saturated heterocycles.